The molecular formula is C20H16F4N2O4S. The highest BCUT2D eigenvalue weighted by Crippen LogP contribution is 2.31. The van der Waals surface area contributed by atoms with Gasteiger partial charge in [0.25, 0.3) is 10.0 Å². The zero-order valence-electron chi connectivity index (χ0n) is 16.3. The molecule has 2 aromatic carbocycles. The van der Waals surface area contributed by atoms with Gasteiger partial charge < -0.3 is 9.47 Å². The molecule has 0 radical (unpaired) electrons. The van der Waals surface area contributed by atoms with Gasteiger partial charge in [-0.3, -0.25) is 0 Å². The number of benzene rings is 2. The smallest absolute Gasteiger partial charge is 0.268 e. The number of ether oxygens (including phenoxy) is 2. The maximum absolute atomic E-state index is 14.3. The average Bonchev–Trinajstić information content (AvgIpc) is 2.75. The standard InChI is InChI=1S/C20H16F4N2O4S/c1-29-14-5-3-12(18(7-14)30-2)11-26(20-6-4-13(21)10-25-20)31(27,28)19-9-16(23)15(22)8-17(19)24/h3-10H,11H2,1-2H3. The molecule has 0 atom stereocenters. The lowest BCUT2D eigenvalue weighted by Gasteiger charge is -2.25. The molecule has 0 bridgehead atoms. The first-order valence-corrected chi connectivity index (χ1v) is 10.1. The van der Waals surface area contributed by atoms with Crippen molar-refractivity contribution in [1.29, 1.82) is 0 Å². The first-order valence-electron chi connectivity index (χ1n) is 8.67. The second-order valence-corrected chi connectivity index (χ2v) is 8.05. The maximum atomic E-state index is 14.3. The van der Waals surface area contributed by atoms with Gasteiger partial charge >= 0.3 is 0 Å². The third-order valence-corrected chi connectivity index (χ3v) is 6.08. The van der Waals surface area contributed by atoms with Crippen LogP contribution in [0.3, 0.4) is 0 Å². The summed E-state index contributed by atoms with van der Waals surface area (Å²) in [5, 5.41) is 0. The minimum Gasteiger partial charge on any atom is -0.497 e. The summed E-state index contributed by atoms with van der Waals surface area (Å²) in [5.74, 6) is -4.92. The number of sulfonamides is 1. The van der Waals surface area contributed by atoms with E-state index >= 15 is 0 Å². The molecule has 0 spiro atoms. The molecule has 1 aromatic heterocycles. The monoisotopic (exact) mass is 456 g/mol. The summed E-state index contributed by atoms with van der Waals surface area (Å²) in [5.41, 5.74) is 0.320. The molecule has 3 aromatic rings. The highest BCUT2D eigenvalue weighted by atomic mass is 32.2. The van der Waals surface area contributed by atoms with E-state index < -0.39 is 44.7 Å². The van der Waals surface area contributed by atoms with E-state index in [1.807, 2.05) is 0 Å². The normalized spacial score (nSPS) is 11.3. The van der Waals surface area contributed by atoms with Crippen LogP contribution < -0.4 is 13.8 Å². The molecular weight excluding hydrogens is 440 g/mol. The Morgan fingerprint density at radius 2 is 1.61 bits per heavy atom. The fourth-order valence-electron chi connectivity index (χ4n) is 2.76. The second-order valence-electron chi connectivity index (χ2n) is 6.22. The van der Waals surface area contributed by atoms with Gasteiger partial charge in [-0.05, 0) is 24.3 Å². The molecule has 164 valence electrons. The van der Waals surface area contributed by atoms with Gasteiger partial charge in [0.15, 0.2) is 11.6 Å². The van der Waals surface area contributed by atoms with Crippen molar-refractivity contribution in [3.8, 4) is 11.5 Å². The number of pyridine rings is 1. The number of aromatic nitrogens is 1. The van der Waals surface area contributed by atoms with Crippen LogP contribution in [0, 0.1) is 23.3 Å². The zero-order chi connectivity index (χ0) is 22.8. The molecule has 0 aliphatic carbocycles. The van der Waals surface area contributed by atoms with E-state index in [0.29, 0.717) is 15.6 Å². The van der Waals surface area contributed by atoms with Crippen LogP contribution in [-0.4, -0.2) is 27.6 Å². The lowest BCUT2D eigenvalue weighted by Crippen LogP contribution is -2.32. The molecule has 0 aliphatic heterocycles. The van der Waals surface area contributed by atoms with Gasteiger partial charge in [0, 0.05) is 23.8 Å². The van der Waals surface area contributed by atoms with Crippen LogP contribution in [0.1, 0.15) is 5.56 Å². The molecule has 0 unspecified atom stereocenters. The molecule has 0 saturated carbocycles. The summed E-state index contributed by atoms with van der Waals surface area (Å²) in [4.78, 5) is 2.63. The summed E-state index contributed by atoms with van der Waals surface area (Å²) in [6.07, 6.45) is 0.769. The number of hydrogen-bond acceptors (Lipinski definition) is 5. The van der Waals surface area contributed by atoms with Gasteiger partial charge in [0.05, 0.1) is 27.0 Å². The SMILES string of the molecule is COc1ccc(CN(c2ccc(F)cn2)S(=O)(=O)c2cc(F)c(F)cc2F)c(OC)c1. The fraction of sp³-hybridized carbons (Fsp3) is 0.150. The van der Waals surface area contributed by atoms with Crippen molar-refractivity contribution in [1.82, 2.24) is 4.98 Å². The number of rotatable bonds is 7. The van der Waals surface area contributed by atoms with Gasteiger partial charge in [-0.15, -0.1) is 0 Å². The van der Waals surface area contributed by atoms with E-state index in [9.17, 15) is 26.0 Å². The van der Waals surface area contributed by atoms with Crippen LogP contribution in [-0.2, 0) is 16.6 Å². The molecule has 0 amide bonds. The van der Waals surface area contributed by atoms with Crippen molar-refractivity contribution in [2.45, 2.75) is 11.4 Å². The van der Waals surface area contributed by atoms with E-state index in [0.717, 1.165) is 18.3 Å². The molecule has 0 N–H and O–H groups in total. The van der Waals surface area contributed by atoms with Gasteiger partial charge in [0.1, 0.15) is 33.8 Å². The van der Waals surface area contributed by atoms with Gasteiger partial charge in [0.2, 0.25) is 0 Å². The Morgan fingerprint density at radius 3 is 2.23 bits per heavy atom. The molecule has 11 heteroatoms. The first-order chi connectivity index (χ1) is 14.7. The van der Waals surface area contributed by atoms with Crippen LogP contribution in [0.2, 0.25) is 0 Å². The van der Waals surface area contributed by atoms with Crippen molar-refractivity contribution in [3.05, 3.63) is 77.5 Å². The molecule has 6 nitrogen and oxygen atoms in total. The molecule has 1 heterocycles. The minimum absolute atomic E-state index is 0.131. The van der Waals surface area contributed by atoms with Crippen LogP contribution in [0.15, 0.2) is 53.6 Å². The Morgan fingerprint density at radius 1 is 0.903 bits per heavy atom. The van der Waals surface area contributed by atoms with Crippen LogP contribution in [0.5, 0.6) is 11.5 Å². The summed E-state index contributed by atoms with van der Waals surface area (Å²) >= 11 is 0. The number of anilines is 1. The Kier molecular flexibility index (Phi) is 6.34. The van der Waals surface area contributed by atoms with Crippen LogP contribution >= 0.6 is 0 Å². The summed E-state index contributed by atoms with van der Waals surface area (Å²) in [6, 6.07) is 6.92. The lowest BCUT2D eigenvalue weighted by atomic mass is 10.2. The quantitative estimate of drug-likeness (QED) is 0.396. The molecule has 31 heavy (non-hydrogen) atoms. The number of nitrogens with zero attached hydrogens (tertiary/aromatic N) is 2. The van der Waals surface area contributed by atoms with Crippen molar-refractivity contribution in [2.24, 2.45) is 0 Å². The van der Waals surface area contributed by atoms with Crippen molar-refractivity contribution >= 4 is 15.8 Å². The van der Waals surface area contributed by atoms with Crippen molar-refractivity contribution in [3.63, 3.8) is 0 Å². The maximum Gasteiger partial charge on any atom is 0.268 e. The predicted octanol–water partition coefficient (Wildman–Crippen LogP) is 4.05. The summed E-state index contributed by atoms with van der Waals surface area (Å²) in [7, 11) is -2.02. The van der Waals surface area contributed by atoms with Gasteiger partial charge in [-0.2, -0.15) is 0 Å². The topological polar surface area (TPSA) is 68.7 Å². The predicted molar refractivity (Wildman–Crippen MR) is 103 cm³/mol. The Bertz CT molecular complexity index is 1200. The Hall–Kier alpha value is -3.34. The lowest BCUT2D eigenvalue weighted by molar-refractivity contribution is 0.391. The molecule has 3 rings (SSSR count). The molecule has 0 aliphatic rings. The number of hydrogen-bond donors (Lipinski definition) is 0. The fourth-order valence-corrected chi connectivity index (χ4v) is 4.22. The van der Waals surface area contributed by atoms with E-state index in [2.05, 4.69) is 4.98 Å². The van der Waals surface area contributed by atoms with Gasteiger partial charge in [-0.1, -0.05) is 0 Å². The van der Waals surface area contributed by atoms with E-state index in [-0.39, 0.29) is 23.7 Å². The third kappa shape index (κ3) is 4.55. The molecule has 0 saturated heterocycles. The van der Waals surface area contributed by atoms with Gasteiger partial charge in [-0.25, -0.2) is 35.3 Å². The highest BCUT2D eigenvalue weighted by Gasteiger charge is 2.31. The highest BCUT2D eigenvalue weighted by molar-refractivity contribution is 7.92. The third-order valence-electron chi connectivity index (χ3n) is 4.32. The number of methoxy groups -OCH3 is 2. The summed E-state index contributed by atoms with van der Waals surface area (Å²) < 4.78 is 92.1. The number of halogens is 4. The van der Waals surface area contributed by atoms with E-state index in [4.69, 9.17) is 9.47 Å². The summed E-state index contributed by atoms with van der Waals surface area (Å²) in [6.45, 7) is -0.438. The average molecular weight is 456 g/mol. The Balaban J connectivity index is 2.16. The Labute approximate surface area is 175 Å². The van der Waals surface area contributed by atoms with E-state index in [1.54, 1.807) is 6.07 Å². The molecule has 0 fully saturated rings. The van der Waals surface area contributed by atoms with E-state index in [1.165, 1.54) is 26.4 Å². The van der Waals surface area contributed by atoms with Crippen molar-refractivity contribution in [2.75, 3.05) is 18.5 Å². The minimum atomic E-state index is -4.80. The first kappa shape index (κ1) is 22.3. The largest absolute Gasteiger partial charge is 0.497 e. The van der Waals surface area contributed by atoms with Crippen LogP contribution in [0.25, 0.3) is 0 Å². The van der Waals surface area contributed by atoms with Crippen molar-refractivity contribution < 1.29 is 35.5 Å². The van der Waals surface area contributed by atoms with Crippen LogP contribution in [0.4, 0.5) is 23.4 Å². The second kappa shape index (κ2) is 8.80. The zero-order valence-corrected chi connectivity index (χ0v) is 17.1.